The molecule has 0 saturated heterocycles. The van der Waals surface area contributed by atoms with E-state index in [1.165, 1.54) is 0 Å². The van der Waals surface area contributed by atoms with Crippen LogP contribution in [0.3, 0.4) is 0 Å². The van der Waals surface area contributed by atoms with Gasteiger partial charge in [0.05, 0.1) is 0 Å². The second kappa shape index (κ2) is 63.1. The summed E-state index contributed by atoms with van der Waals surface area (Å²) in [6, 6.07) is 0. The van der Waals surface area contributed by atoms with E-state index in [1.807, 2.05) is 0 Å². The van der Waals surface area contributed by atoms with Crippen molar-refractivity contribution in [3.8, 4) is 0 Å². The summed E-state index contributed by atoms with van der Waals surface area (Å²) in [7, 11) is 0. The predicted octanol–water partition coefficient (Wildman–Crippen LogP) is -1.24. The molecule has 0 heterocycles. The molecule has 0 aliphatic heterocycles. The Morgan fingerprint density at radius 3 is 0.571 bits per heavy atom. The molecule has 0 aromatic carbocycles. The summed E-state index contributed by atoms with van der Waals surface area (Å²) in [5, 5.41) is 0. The van der Waals surface area contributed by atoms with E-state index in [2.05, 4.69) is 0 Å². The smallest absolute Gasteiger partial charge is 2.00 e. The van der Waals surface area contributed by atoms with E-state index in [4.69, 9.17) is 0 Å². The SMILES string of the molecule is [Ba+2].[O-2].[O-2].[O-2].[O-2].[Pb+2].[Ti+4]. The first kappa shape index (κ1) is 88.5. The van der Waals surface area contributed by atoms with E-state index in [0.29, 0.717) is 0 Å². The maximum Gasteiger partial charge on any atom is 4.00 e. The van der Waals surface area contributed by atoms with Crippen LogP contribution in [0.25, 0.3) is 0 Å². The average molecular weight is 456 g/mol. The van der Waals surface area contributed by atoms with Crippen molar-refractivity contribution in [1.82, 2.24) is 0 Å². The zero-order valence-electron chi connectivity index (χ0n) is 3.34. The van der Waals surface area contributed by atoms with Crippen molar-refractivity contribution in [2.45, 2.75) is 0 Å². The molecule has 0 spiro atoms. The largest absolute Gasteiger partial charge is 4.00 e. The molecule has 0 N–H and O–H groups in total. The molecule has 0 saturated carbocycles. The number of rotatable bonds is 0. The van der Waals surface area contributed by atoms with Gasteiger partial charge in [-0.1, -0.05) is 0 Å². The average Bonchev–Trinajstić information content (AvgIpc) is 0. The summed E-state index contributed by atoms with van der Waals surface area (Å²) in [4.78, 5) is 0. The zero-order chi connectivity index (χ0) is 0. The Hall–Kier alpha value is 3.05. The van der Waals surface area contributed by atoms with Gasteiger partial charge in [-0.3, -0.25) is 0 Å². The Labute approximate surface area is 117 Å². The Bertz CT molecular complexity index is 11.7. The topological polar surface area (TPSA) is 114 Å². The van der Waals surface area contributed by atoms with Crippen LogP contribution in [-0.2, 0) is 43.6 Å². The van der Waals surface area contributed by atoms with Crippen molar-refractivity contribution in [2.75, 3.05) is 0 Å². The molecule has 0 aromatic heterocycles. The van der Waals surface area contributed by atoms with Crippen LogP contribution in [0.4, 0.5) is 0 Å². The minimum atomic E-state index is 0. The summed E-state index contributed by atoms with van der Waals surface area (Å²) in [6.07, 6.45) is 0. The molecule has 34 valence electrons. The van der Waals surface area contributed by atoms with Crippen molar-refractivity contribution >= 4 is 76.2 Å². The molecule has 0 aliphatic carbocycles. The van der Waals surface area contributed by atoms with E-state index in [9.17, 15) is 0 Å². The number of hydrogen-bond acceptors (Lipinski definition) is 0. The molecule has 0 amide bonds. The summed E-state index contributed by atoms with van der Waals surface area (Å²) in [5.74, 6) is 0. The molecule has 0 atom stereocenters. The Morgan fingerprint density at radius 1 is 0.571 bits per heavy atom. The predicted molar refractivity (Wildman–Crippen MR) is 14.3 cm³/mol. The molecule has 7 heteroatoms. The Morgan fingerprint density at radius 2 is 0.571 bits per heavy atom. The van der Waals surface area contributed by atoms with Crippen LogP contribution in [0.15, 0.2) is 0 Å². The first-order valence-electron chi connectivity index (χ1n) is 0. The second-order valence-corrected chi connectivity index (χ2v) is 0. The van der Waals surface area contributed by atoms with Crippen molar-refractivity contribution in [3.63, 3.8) is 0 Å². The van der Waals surface area contributed by atoms with Gasteiger partial charge in [0.2, 0.25) is 0 Å². The molecule has 0 aliphatic rings. The van der Waals surface area contributed by atoms with Crippen LogP contribution >= 0.6 is 0 Å². The third-order valence-electron chi connectivity index (χ3n) is 0. The minimum absolute atomic E-state index is 0. The molecule has 0 fully saturated rings. The summed E-state index contributed by atoms with van der Waals surface area (Å²) in [5.41, 5.74) is 0. The van der Waals surface area contributed by atoms with Crippen LogP contribution in [-0.4, -0.2) is 76.2 Å². The van der Waals surface area contributed by atoms with Gasteiger partial charge in [0.15, 0.2) is 0 Å². The fraction of sp³-hybridized carbons (Fsp3) is 0. The molecule has 0 bridgehead atoms. The van der Waals surface area contributed by atoms with E-state index in [0.717, 1.165) is 0 Å². The van der Waals surface area contributed by atoms with Crippen LogP contribution < -0.4 is 0 Å². The van der Waals surface area contributed by atoms with Crippen molar-refractivity contribution in [3.05, 3.63) is 0 Å². The third-order valence-corrected chi connectivity index (χ3v) is 0. The van der Waals surface area contributed by atoms with Crippen LogP contribution in [0.1, 0.15) is 0 Å². The van der Waals surface area contributed by atoms with E-state index in [1.54, 1.807) is 0 Å². The first-order valence-corrected chi connectivity index (χ1v) is 0. The molecule has 0 unspecified atom stereocenters. The van der Waals surface area contributed by atoms with Crippen molar-refractivity contribution < 1.29 is 43.6 Å². The molecule has 7 heavy (non-hydrogen) atoms. The van der Waals surface area contributed by atoms with Gasteiger partial charge >= 0.3 is 97.9 Å². The Kier molecular flexibility index (Phi) is 798. The van der Waals surface area contributed by atoms with Gasteiger partial charge in [-0.15, -0.1) is 0 Å². The van der Waals surface area contributed by atoms with Crippen molar-refractivity contribution in [2.24, 2.45) is 0 Å². The number of hydrogen-bond donors (Lipinski definition) is 0. The molecular weight excluding hydrogens is 456 g/mol. The standard InChI is InChI=1S/Ba.4O.Pb.Ti/q+2;4*-2;+2;+4. The fourth-order valence-corrected chi connectivity index (χ4v) is 0. The normalized spacial score (nSPS) is 0. The molecule has 0 aromatic rings. The molecule has 2 radical (unpaired) electrons. The maximum absolute atomic E-state index is 0. The van der Waals surface area contributed by atoms with E-state index < -0.39 is 0 Å². The van der Waals surface area contributed by atoms with Gasteiger partial charge in [0.1, 0.15) is 0 Å². The van der Waals surface area contributed by atoms with Gasteiger partial charge in [-0.05, 0) is 0 Å². The second-order valence-electron chi connectivity index (χ2n) is 0. The van der Waals surface area contributed by atoms with Gasteiger partial charge in [-0.2, -0.15) is 0 Å². The maximum atomic E-state index is 0. The fourth-order valence-electron chi connectivity index (χ4n) is 0. The first-order chi connectivity index (χ1) is 0. The molecular formula is BaO4PbTi. The quantitative estimate of drug-likeness (QED) is 0.406. The van der Waals surface area contributed by atoms with Gasteiger partial charge < -0.3 is 21.9 Å². The minimum Gasteiger partial charge on any atom is -2.00 e. The summed E-state index contributed by atoms with van der Waals surface area (Å²) >= 11 is 0. The summed E-state index contributed by atoms with van der Waals surface area (Å²) < 4.78 is 0. The Balaban J connectivity index is 0. The summed E-state index contributed by atoms with van der Waals surface area (Å²) in [6.45, 7) is 0. The van der Waals surface area contributed by atoms with Crippen molar-refractivity contribution in [1.29, 1.82) is 0 Å². The van der Waals surface area contributed by atoms with Crippen LogP contribution in [0, 0.1) is 0 Å². The van der Waals surface area contributed by atoms with Gasteiger partial charge in [0, 0.05) is 0 Å². The van der Waals surface area contributed by atoms with E-state index >= 15 is 0 Å². The van der Waals surface area contributed by atoms with E-state index in [-0.39, 0.29) is 120 Å². The molecule has 0 rings (SSSR count). The third kappa shape index (κ3) is 48.4. The molecule has 4 nitrogen and oxygen atoms in total. The van der Waals surface area contributed by atoms with Crippen LogP contribution in [0.5, 0.6) is 0 Å². The monoisotopic (exact) mass is 458 g/mol. The van der Waals surface area contributed by atoms with Crippen LogP contribution in [0.2, 0.25) is 0 Å². The van der Waals surface area contributed by atoms with Gasteiger partial charge in [-0.25, -0.2) is 0 Å². The van der Waals surface area contributed by atoms with Gasteiger partial charge in [0.25, 0.3) is 0 Å². The zero-order valence-corrected chi connectivity index (χ0v) is 13.2.